The van der Waals surface area contributed by atoms with Crippen LogP contribution >= 0.6 is 0 Å². The standard InChI is InChI=1S/C18H22N4O2/c1-12(2)18(24)22-9-3-4-14(11-22)17-20-15(10-16(23)21-17)13-5-7-19-8-6-13/h5-8,10,12,14H,3-4,9,11H2,1-2H3,(H,20,21,23)/t14-/m1/s1. The average molecular weight is 326 g/mol. The van der Waals surface area contributed by atoms with Gasteiger partial charge in [0.15, 0.2) is 0 Å². The van der Waals surface area contributed by atoms with Crippen molar-refractivity contribution >= 4 is 5.91 Å². The number of likely N-dealkylation sites (tertiary alicyclic amines) is 1. The van der Waals surface area contributed by atoms with Crippen LogP contribution in [0.15, 0.2) is 35.4 Å². The Kier molecular flexibility index (Phi) is 4.74. The van der Waals surface area contributed by atoms with Gasteiger partial charge in [-0.05, 0) is 25.0 Å². The molecule has 1 aliphatic rings. The van der Waals surface area contributed by atoms with Gasteiger partial charge in [-0.25, -0.2) is 4.98 Å². The number of aromatic amines is 1. The third-order valence-electron chi connectivity index (χ3n) is 4.35. The van der Waals surface area contributed by atoms with E-state index in [0.29, 0.717) is 18.1 Å². The maximum Gasteiger partial charge on any atom is 0.251 e. The Hall–Kier alpha value is -2.50. The van der Waals surface area contributed by atoms with Crippen LogP contribution in [0.1, 0.15) is 38.4 Å². The summed E-state index contributed by atoms with van der Waals surface area (Å²) < 4.78 is 0. The fraction of sp³-hybridized carbons (Fsp3) is 0.444. The first kappa shape index (κ1) is 16.4. The molecule has 1 aliphatic heterocycles. The summed E-state index contributed by atoms with van der Waals surface area (Å²) in [7, 11) is 0. The van der Waals surface area contributed by atoms with Gasteiger partial charge in [-0.2, -0.15) is 0 Å². The number of H-pyrrole nitrogens is 1. The summed E-state index contributed by atoms with van der Waals surface area (Å²) in [6.07, 6.45) is 5.21. The van der Waals surface area contributed by atoms with E-state index in [2.05, 4.69) is 15.0 Å². The number of carbonyl (C=O) groups is 1. The molecule has 0 spiro atoms. The smallest absolute Gasteiger partial charge is 0.251 e. The Morgan fingerprint density at radius 1 is 1.33 bits per heavy atom. The van der Waals surface area contributed by atoms with Gasteiger partial charge in [-0.1, -0.05) is 13.8 Å². The van der Waals surface area contributed by atoms with E-state index in [9.17, 15) is 9.59 Å². The first-order chi connectivity index (χ1) is 11.5. The third-order valence-corrected chi connectivity index (χ3v) is 4.35. The van der Waals surface area contributed by atoms with Gasteiger partial charge >= 0.3 is 0 Å². The van der Waals surface area contributed by atoms with Crippen LogP contribution < -0.4 is 5.56 Å². The highest BCUT2D eigenvalue weighted by Crippen LogP contribution is 2.26. The highest BCUT2D eigenvalue weighted by Gasteiger charge is 2.27. The van der Waals surface area contributed by atoms with Crippen LogP contribution in [0.5, 0.6) is 0 Å². The summed E-state index contributed by atoms with van der Waals surface area (Å²) >= 11 is 0. The Morgan fingerprint density at radius 3 is 2.79 bits per heavy atom. The first-order valence-corrected chi connectivity index (χ1v) is 8.35. The van der Waals surface area contributed by atoms with E-state index in [0.717, 1.165) is 24.9 Å². The molecule has 0 aliphatic carbocycles. The number of piperidine rings is 1. The van der Waals surface area contributed by atoms with Crippen molar-refractivity contribution in [3.05, 3.63) is 46.8 Å². The zero-order valence-electron chi connectivity index (χ0n) is 14.0. The number of aromatic nitrogens is 3. The minimum absolute atomic E-state index is 0.0149. The predicted octanol–water partition coefficient (Wildman–Crippen LogP) is 2.19. The Bertz CT molecular complexity index is 770. The lowest BCUT2D eigenvalue weighted by Crippen LogP contribution is -2.41. The van der Waals surface area contributed by atoms with Gasteiger partial charge in [0.05, 0.1) is 5.69 Å². The van der Waals surface area contributed by atoms with Crippen molar-refractivity contribution in [1.82, 2.24) is 19.9 Å². The number of rotatable bonds is 3. The summed E-state index contributed by atoms with van der Waals surface area (Å²) in [6, 6.07) is 5.17. The van der Waals surface area contributed by atoms with E-state index < -0.39 is 0 Å². The summed E-state index contributed by atoms with van der Waals surface area (Å²) in [5, 5.41) is 0. The molecule has 24 heavy (non-hydrogen) atoms. The molecule has 1 saturated heterocycles. The maximum atomic E-state index is 12.3. The highest BCUT2D eigenvalue weighted by atomic mass is 16.2. The van der Waals surface area contributed by atoms with E-state index in [1.165, 1.54) is 6.07 Å². The highest BCUT2D eigenvalue weighted by molar-refractivity contribution is 5.78. The van der Waals surface area contributed by atoms with E-state index in [1.54, 1.807) is 12.4 Å². The molecule has 126 valence electrons. The lowest BCUT2D eigenvalue weighted by molar-refractivity contribution is -0.135. The summed E-state index contributed by atoms with van der Waals surface area (Å²) in [5.41, 5.74) is 1.34. The van der Waals surface area contributed by atoms with Crippen LogP contribution in [-0.2, 0) is 4.79 Å². The first-order valence-electron chi connectivity index (χ1n) is 8.35. The minimum atomic E-state index is -0.167. The van der Waals surface area contributed by atoms with Gasteiger partial charge in [-0.3, -0.25) is 14.6 Å². The van der Waals surface area contributed by atoms with Crippen LogP contribution in [0.3, 0.4) is 0 Å². The number of nitrogens with zero attached hydrogens (tertiary/aromatic N) is 3. The Morgan fingerprint density at radius 2 is 2.08 bits per heavy atom. The molecule has 6 nitrogen and oxygen atoms in total. The van der Waals surface area contributed by atoms with Crippen LogP contribution in [0.4, 0.5) is 0 Å². The summed E-state index contributed by atoms with van der Waals surface area (Å²) in [4.78, 5) is 37.7. The van der Waals surface area contributed by atoms with E-state index in [1.807, 2.05) is 30.9 Å². The molecule has 1 amide bonds. The second-order valence-electron chi connectivity index (χ2n) is 6.53. The van der Waals surface area contributed by atoms with Crippen molar-refractivity contribution in [2.45, 2.75) is 32.6 Å². The monoisotopic (exact) mass is 326 g/mol. The molecule has 3 rings (SSSR count). The molecule has 0 bridgehead atoms. The molecule has 0 saturated carbocycles. The van der Waals surface area contributed by atoms with Crippen molar-refractivity contribution in [1.29, 1.82) is 0 Å². The van der Waals surface area contributed by atoms with Crippen molar-refractivity contribution < 1.29 is 4.79 Å². The SMILES string of the molecule is CC(C)C(=O)N1CCC[C@@H](c2nc(-c3ccncc3)cc(=O)[nH]2)C1. The summed E-state index contributed by atoms with van der Waals surface area (Å²) in [5.74, 6) is 0.873. The molecule has 0 unspecified atom stereocenters. The molecule has 1 fully saturated rings. The van der Waals surface area contributed by atoms with Crippen LogP contribution in [0, 0.1) is 5.92 Å². The molecule has 2 aromatic rings. The lowest BCUT2D eigenvalue weighted by atomic mass is 9.96. The number of amides is 1. The second-order valence-corrected chi connectivity index (χ2v) is 6.53. The number of pyridine rings is 1. The molecule has 0 aromatic carbocycles. The number of carbonyl (C=O) groups excluding carboxylic acids is 1. The fourth-order valence-corrected chi connectivity index (χ4v) is 3.11. The average Bonchev–Trinajstić information content (AvgIpc) is 2.61. The minimum Gasteiger partial charge on any atom is -0.342 e. The largest absolute Gasteiger partial charge is 0.342 e. The molecule has 3 heterocycles. The molecule has 2 aromatic heterocycles. The summed E-state index contributed by atoms with van der Waals surface area (Å²) in [6.45, 7) is 5.22. The van der Waals surface area contributed by atoms with Gasteiger partial charge in [0, 0.05) is 48.9 Å². The van der Waals surface area contributed by atoms with E-state index in [4.69, 9.17) is 0 Å². The Balaban J connectivity index is 1.88. The van der Waals surface area contributed by atoms with Gasteiger partial charge in [-0.15, -0.1) is 0 Å². The lowest BCUT2D eigenvalue weighted by Gasteiger charge is -2.33. The number of hydrogen-bond acceptors (Lipinski definition) is 4. The normalized spacial score (nSPS) is 18.0. The van der Waals surface area contributed by atoms with Crippen molar-refractivity contribution in [2.24, 2.45) is 5.92 Å². The molecular formula is C18H22N4O2. The zero-order valence-corrected chi connectivity index (χ0v) is 14.0. The quantitative estimate of drug-likeness (QED) is 0.938. The fourth-order valence-electron chi connectivity index (χ4n) is 3.11. The topological polar surface area (TPSA) is 79.0 Å². The second kappa shape index (κ2) is 6.95. The molecular weight excluding hydrogens is 304 g/mol. The van der Waals surface area contributed by atoms with Crippen LogP contribution in [-0.4, -0.2) is 38.8 Å². The van der Waals surface area contributed by atoms with Crippen LogP contribution in [0.25, 0.3) is 11.3 Å². The van der Waals surface area contributed by atoms with Crippen molar-refractivity contribution in [3.8, 4) is 11.3 Å². The molecule has 6 heteroatoms. The van der Waals surface area contributed by atoms with Gasteiger partial charge in [0.2, 0.25) is 5.91 Å². The zero-order chi connectivity index (χ0) is 17.1. The number of nitrogens with one attached hydrogen (secondary N) is 1. The maximum absolute atomic E-state index is 12.3. The van der Waals surface area contributed by atoms with Gasteiger partial charge in [0.25, 0.3) is 5.56 Å². The molecule has 1 N–H and O–H groups in total. The van der Waals surface area contributed by atoms with Gasteiger partial charge < -0.3 is 9.88 Å². The van der Waals surface area contributed by atoms with E-state index in [-0.39, 0.29) is 23.3 Å². The van der Waals surface area contributed by atoms with Crippen LogP contribution in [0.2, 0.25) is 0 Å². The molecule has 1 atom stereocenters. The van der Waals surface area contributed by atoms with Crippen molar-refractivity contribution in [3.63, 3.8) is 0 Å². The van der Waals surface area contributed by atoms with Crippen molar-refractivity contribution in [2.75, 3.05) is 13.1 Å². The van der Waals surface area contributed by atoms with E-state index >= 15 is 0 Å². The Labute approximate surface area is 141 Å². The van der Waals surface area contributed by atoms with Gasteiger partial charge in [0.1, 0.15) is 5.82 Å². The third kappa shape index (κ3) is 3.53. The number of hydrogen-bond donors (Lipinski definition) is 1. The molecule has 0 radical (unpaired) electrons. The predicted molar refractivity (Wildman–Crippen MR) is 91.5 cm³/mol.